The Balaban J connectivity index is 1.99. The van der Waals surface area contributed by atoms with Crippen LogP contribution in [0.25, 0.3) is 0 Å². The van der Waals surface area contributed by atoms with Crippen molar-refractivity contribution in [1.29, 1.82) is 0 Å². The number of hydrogen-bond acceptors (Lipinski definition) is 3. The zero-order chi connectivity index (χ0) is 18.8. The van der Waals surface area contributed by atoms with Crippen LogP contribution in [0.15, 0.2) is 24.3 Å². The highest BCUT2D eigenvalue weighted by Gasteiger charge is 2.34. The van der Waals surface area contributed by atoms with Crippen LogP contribution in [0, 0.1) is 0 Å². The molecule has 0 bridgehead atoms. The van der Waals surface area contributed by atoms with E-state index in [-0.39, 0.29) is 18.0 Å². The number of carbonyl (C=O) groups is 1. The number of alkyl carbamates (subject to hydrolysis) is 1. The van der Waals surface area contributed by atoms with Crippen LogP contribution in [0.1, 0.15) is 57.1 Å². The zero-order valence-electron chi connectivity index (χ0n) is 14.7. The third-order valence-electron chi connectivity index (χ3n) is 4.29. The van der Waals surface area contributed by atoms with Crippen LogP contribution < -0.4 is 11.1 Å². The first-order chi connectivity index (χ1) is 11.5. The first-order valence-corrected chi connectivity index (χ1v) is 8.38. The molecular formula is C18H25F3N2O2. The van der Waals surface area contributed by atoms with E-state index in [0.29, 0.717) is 24.8 Å². The van der Waals surface area contributed by atoms with Crippen LogP contribution >= 0.6 is 0 Å². The van der Waals surface area contributed by atoms with Gasteiger partial charge < -0.3 is 15.8 Å². The van der Waals surface area contributed by atoms with E-state index in [1.54, 1.807) is 26.8 Å². The molecule has 1 saturated carbocycles. The van der Waals surface area contributed by atoms with Crippen LogP contribution in [0.4, 0.5) is 18.0 Å². The summed E-state index contributed by atoms with van der Waals surface area (Å²) in [5.74, 6) is -0.0472. The van der Waals surface area contributed by atoms with E-state index in [0.717, 1.165) is 6.07 Å². The van der Waals surface area contributed by atoms with E-state index < -0.39 is 23.4 Å². The summed E-state index contributed by atoms with van der Waals surface area (Å²) in [5.41, 5.74) is 5.55. The third kappa shape index (κ3) is 5.63. The highest BCUT2D eigenvalue weighted by molar-refractivity contribution is 5.68. The molecule has 7 heteroatoms. The Morgan fingerprint density at radius 3 is 2.48 bits per heavy atom. The summed E-state index contributed by atoms with van der Waals surface area (Å²) in [6.45, 7) is 5.32. The van der Waals surface area contributed by atoms with Gasteiger partial charge in [-0.2, -0.15) is 13.2 Å². The summed E-state index contributed by atoms with van der Waals surface area (Å²) >= 11 is 0. The van der Waals surface area contributed by atoms with Crippen molar-refractivity contribution in [3.8, 4) is 0 Å². The van der Waals surface area contributed by atoms with Gasteiger partial charge in [0.05, 0.1) is 5.56 Å². The lowest BCUT2D eigenvalue weighted by Crippen LogP contribution is -2.51. The molecule has 2 rings (SSSR count). The van der Waals surface area contributed by atoms with Crippen molar-refractivity contribution >= 4 is 6.09 Å². The maximum absolute atomic E-state index is 12.9. The van der Waals surface area contributed by atoms with E-state index in [9.17, 15) is 18.0 Å². The molecule has 1 unspecified atom stereocenters. The molecule has 140 valence electrons. The molecule has 0 aromatic heterocycles. The van der Waals surface area contributed by atoms with Gasteiger partial charge in [0, 0.05) is 12.1 Å². The fourth-order valence-electron chi connectivity index (χ4n) is 3.12. The molecule has 4 nitrogen and oxygen atoms in total. The summed E-state index contributed by atoms with van der Waals surface area (Å²) in [6.07, 6.45) is -3.10. The van der Waals surface area contributed by atoms with Gasteiger partial charge in [0.25, 0.3) is 0 Å². The summed E-state index contributed by atoms with van der Waals surface area (Å²) in [7, 11) is 0. The predicted octanol–water partition coefficient (Wildman–Crippen LogP) is 4.19. The number of carbonyl (C=O) groups excluding carboxylic acids is 1. The quantitative estimate of drug-likeness (QED) is 0.833. The molecular weight excluding hydrogens is 333 g/mol. The van der Waals surface area contributed by atoms with Crippen LogP contribution in [0.5, 0.6) is 0 Å². The minimum Gasteiger partial charge on any atom is -0.444 e. The monoisotopic (exact) mass is 358 g/mol. The number of rotatable bonds is 2. The van der Waals surface area contributed by atoms with Crippen molar-refractivity contribution in [3.63, 3.8) is 0 Å². The Morgan fingerprint density at radius 1 is 1.24 bits per heavy atom. The van der Waals surface area contributed by atoms with E-state index in [4.69, 9.17) is 10.5 Å². The average molecular weight is 358 g/mol. The van der Waals surface area contributed by atoms with Crippen molar-refractivity contribution in [3.05, 3.63) is 35.4 Å². The topological polar surface area (TPSA) is 64.3 Å². The third-order valence-corrected chi connectivity index (χ3v) is 4.29. The highest BCUT2D eigenvalue weighted by atomic mass is 19.4. The Labute approximate surface area is 145 Å². The maximum Gasteiger partial charge on any atom is 0.416 e. The molecule has 3 N–H and O–H groups in total. The molecule has 1 aliphatic rings. The Kier molecular flexibility index (Phi) is 5.66. The van der Waals surface area contributed by atoms with Crippen LogP contribution in [-0.2, 0) is 10.9 Å². The lowest BCUT2D eigenvalue weighted by Gasteiger charge is -2.35. The molecule has 0 saturated heterocycles. The van der Waals surface area contributed by atoms with Gasteiger partial charge in [-0.1, -0.05) is 18.2 Å². The zero-order valence-corrected chi connectivity index (χ0v) is 14.7. The molecule has 3 atom stereocenters. The number of ether oxygens (including phenoxy) is 1. The van der Waals surface area contributed by atoms with Gasteiger partial charge in [0.2, 0.25) is 0 Å². The van der Waals surface area contributed by atoms with Crippen LogP contribution in [-0.4, -0.2) is 23.8 Å². The molecule has 1 amide bonds. The first kappa shape index (κ1) is 19.6. The number of nitrogens with one attached hydrogen (secondary N) is 1. The normalized spacial score (nSPS) is 24.7. The van der Waals surface area contributed by atoms with Crippen molar-refractivity contribution in [2.75, 3.05) is 0 Å². The highest BCUT2D eigenvalue weighted by Crippen LogP contribution is 2.36. The largest absolute Gasteiger partial charge is 0.444 e. The molecule has 25 heavy (non-hydrogen) atoms. The fraction of sp³-hybridized carbons (Fsp3) is 0.611. The summed E-state index contributed by atoms with van der Waals surface area (Å²) in [5, 5.41) is 2.77. The number of alkyl halides is 3. The van der Waals surface area contributed by atoms with Gasteiger partial charge in [-0.3, -0.25) is 0 Å². The van der Waals surface area contributed by atoms with Crippen molar-refractivity contribution < 1.29 is 22.7 Å². The number of halogens is 3. The van der Waals surface area contributed by atoms with Gasteiger partial charge in [-0.05, 0) is 57.6 Å². The van der Waals surface area contributed by atoms with Gasteiger partial charge in [0.15, 0.2) is 0 Å². The van der Waals surface area contributed by atoms with E-state index >= 15 is 0 Å². The summed E-state index contributed by atoms with van der Waals surface area (Å²) in [6, 6.07) is 4.82. The lowest BCUT2D eigenvalue weighted by molar-refractivity contribution is -0.137. The molecule has 0 radical (unpaired) electrons. The lowest BCUT2D eigenvalue weighted by atomic mass is 9.79. The van der Waals surface area contributed by atoms with Gasteiger partial charge in [-0.15, -0.1) is 0 Å². The van der Waals surface area contributed by atoms with Crippen LogP contribution in [0.2, 0.25) is 0 Å². The predicted molar refractivity (Wildman–Crippen MR) is 89.2 cm³/mol. The van der Waals surface area contributed by atoms with E-state index in [1.807, 2.05) is 0 Å². The molecule has 0 heterocycles. The second kappa shape index (κ2) is 7.23. The molecule has 1 aromatic carbocycles. The smallest absolute Gasteiger partial charge is 0.416 e. The van der Waals surface area contributed by atoms with Crippen molar-refractivity contribution in [1.82, 2.24) is 5.32 Å². The first-order valence-electron chi connectivity index (χ1n) is 8.38. The van der Waals surface area contributed by atoms with Crippen molar-refractivity contribution in [2.24, 2.45) is 5.73 Å². The minimum atomic E-state index is -4.35. The van der Waals surface area contributed by atoms with Gasteiger partial charge >= 0.3 is 12.3 Å². The van der Waals surface area contributed by atoms with Crippen molar-refractivity contribution in [2.45, 2.75) is 69.8 Å². The number of benzene rings is 1. The Morgan fingerprint density at radius 2 is 1.92 bits per heavy atom. The van der Waals surface area contributed by atoms with E-state index in [2.05, 4.69) is 5.32 Å². The fourth-order valence-corrected chi connectivity index (χ4v) is 3.12. The molecule has 1 aliphatic carbocycles. The van der Waals surface area contributed by atoms with Gasteiger partial charge in [-0.25, -0.2) is 4.79 Å². The number of hydrogen-bond donors (Lipinski definition) is 2. The molecule has 1 fully saturated rings. The standard InChI is InChI=1S/C18H25F3N2O2/c1-17(2,3)25-16(24)23-15-8-7-12(10-14(15)22)11-5-4-6-13(9-11)18(19,20)21/h4-6,9,12,14-15H,7-8,10,22H2,1-3H3,(H,23,24)/t12-,14?,15-/m0/s1. The SMILES string of the molecule is CC(C)(C)OC(=O)N[C@H]1CC[C@H](c2cccc(C(F)(F)F)c2)CC1N. The second-order valence-electron chi connectivity index (χ2n) is 7.55. The average Bonchev–Trinajstić information content (AvgIpc) is 2.46. The minimum absolute atomic E-state index is 0.0472. The Bertz CT molecular complexity index is 611. The maximum atomic E-state index is 12.9. The van der Waals surface area contributed by atoms with E-state index in [1.165, 1.54) is 12.1 Å². The second-order valence-corrected chi connectivity index (χ2v) is 7.55. The summed E-state index contributed by atoms with van der Waals surface area (Å²) in [4.78, 5) is 11.9. The number of amides is 1. The van der Waals surface area contributed by atoms with Crippen LogP contribution in [0.3, 0.4) is 0 Å². The molecule has 0 aliphatic heterocycles. The van der Waals surface area contributed by atoms with Gasteiger partial charge in [0.1, 0.15) is 5.60 Å². The summed E-state index contributed by atoms with van der Waals surface area (Å²) < 4.78 is 43.8. The Hall–Kier alpha value is -1.76. The molecule has 0 spiro atoms. The number of nitrogens with two attached hydrogens (primary N) is 1. The molecule has 1 aromatic rings.